The monoisotopic (exact) mass is 283 g/mol. The molecule has 2 heterocycles. The van der Waals surface area contributed by atoms with E-state index in [4.69, 9.17) is 5.73 Å². The van der Waals surface area contributed by atoms with Gasteiger partial charge in [0.15, 0.2) is 0 Å². The van der Waals surface area contributed by atoms with Gasteiger partial charge in [0.1, 0.15) is 5.69 Å². The molecule has 1 aliphatic rings. The molecule has 0 saturated carbocycles. The van der Waals surface area contributed by atoms with Gasteiger partial charge in [0.2, 0.25) is 0 Å². The van der Waals surface area contributed by atoms with Crippen LogP contribution in [-0.2, 0) is 7.05 Å². The predicted molar refractivity (Wildman–Crippen MR) is 83.9 cm³/mol. The van der Waals surface area contributed by atoms with Gasteiger partial charge in [0.25, 0.3) is 5.91 Å². The Hall–Kier alpha value is -2.07. The summed E-state index contributed by atoms with van der Waals surface area (Å²) in [5.41, 5.74) is 8.63. The molecule has 4 heteroatoms. The fourth-order valence-corrected chi connectivity index (χ4v) is 3.00. The molecule has 1 aromatic heterocycles. The lowest BCUT2D eigenvalue weighted by atomic mass is 10.1. The summed E-state index contributed by atoms with van der Waals surface area (Å²) in [6, 6.07) is 14.1. The van der Waals surface area contributed by atoms with Gasteiger partial charge in [-0.15, -0.1) is 0 Å². The van der Waals surface area contributed by atoms with Crippen LogP contribution in [0.25, 0.3) is 11.3 Å². The van der Waals surface area contributed by atoms with Crippen molar-refractivity contribution in [2.45, 2.75) is 6.42 Å². The number of nitrogens with zero attached hydrogens (tertiary/aromatic N) is 2. The van der Waals surface area contributed by atoms with E-state index in [1.54, 1.807) is 0 Å². The highest BCUT2D eigenvalue weighted by Gasteiger charge is 2.27. The molecule has 21 heavy (non-hydrogen) atoms. The first-order chi connectivity index (χ1) is 10.2. The molecular weight excluding hydrogens is 262 g/mol. The zero-order valence-electron chi connectivity index (χ0n) is 12.3. The summed E-state index contributed by atoms with van der Waals surface area (Å²) in [5.74, 6) is 0.554. The highest BCUT2D eigenvalue weighted by molar-refractivity contribution is 5.94. The van der Waals surface area contributed by atoms with Crippen LogP contribution in [-0.4, -0.2) is 35.0 Å². The lowest BCUT2D eigenvalue weighted by molar-refractivity contribution is 0.0778. The van der Waals surface area contributed by atoms with Gasteiger partial charge in [-0.3, -0.25) is 4.79 Å². The molecule has 0 unspecified atom stereocenters. The van der Waals surface area contributed by atoms with E-state index < -0.39 is 0 Å². The molecule has 1 aliphatic heterocycles. The first kappa shape index (κ1) is 13.9. The number of hydrogen-bond acceptors (Lipinski definition) is 2. The fourth-order valence-electron chi connectivity index (χ4n) is 3.00. The van der Waals surface area contributed by atoms with Crippen molar-refractivity contribution < 1.29 is 4.79 Å². The summed E-state index contributed by atoms with van der Waals surface area (Å²) in [6.07, 6.45) is 1.01. The number of nitrogens with two attached hydrogens (primary N) is 1. The molecule has 3 rings (SSSR count). The first-order valence-corrected chi connectivity index (χ1v) is 7.41. The maximum absolute atomic E-state index is 12.6. The minimum absolute atomic E-state index is 0.107. The van der Waals surface area contributed by atoms with Crippen molar-refractivity contribution in [2.24, 2.45) is 18.7 Å². The zero-order chi connectivity index (χ0) is 14.8. The minimum Gasteiger partial charge on any atom is -0.340 e. The van der Waals surface area contributed by atoms with Crippen LogP contribution in [0.4, 0.5) is 0 Å². The van der Waals surface area contributed by atoms with E-state index in [1.165, 1.54) is 0 Å². The third-order valence-corrected chi connectivity index (χ3v) is 4.32. The smallest absolute Gasteiger partial charge is 0.270 e. The maximum atomic E-state index is 12.6. The fraction of sp³-hybridized carbons (Fsp3) is 0.353. The van der Waals surface area contributed by atoms with Gasteiger partial charge < -0.3 is 15.2 Å². The second kappa shape index (κ2) is 5.74. The largest absolute Gasteiger partial charge is 0.340 e. The Morgan fingerprint density at radius 3 is 2.67 bits per heavy atom. The number of rotatable bonds is 3. The van der Waals surface area contributed by atoms with Crippen molar-refractivity contribution in [3.05, 3.63) is 48.2 Å². The third-order valence-electron chi connectivity index (χ3n) is 4.32. The first-order valence-electron chi connectivity index (χ1n) is 7.41. The lowest BCUT2D eigenvalue weighted by Crippen LogP contribution is -2.31. The van der Waals surface area contributed by atoms with E-state index in [1.807, 2.05) is 46.8 Å². The Balaban J connectivity index is 1.84. The van der Waals surface area contributed by atoms with Gasteiger partial charge in [0, 0.05) is 25.8 Å². The third kappa shape index (κ3) is 2.59. The maximum Gasteiger partial charge on any atom is 0.270 e. The number of carbonyl (C=O) groups excluding carboxylic acids is 1. The molecule has 2 aromatic rings. The normalized spacial score (nSPS) is 18.2. The van der Waals surface area contributed by atoms with Crippen LogP contribution >= 0.6 is 0 Å². The van der Waals surface area contributed by atoms with Crippen molar-refractivity contribution in [2.75, 3.05) is 19.6 Å². The minimum atomic E-state index is 0.107. The van der Waals surface area contributed by atoms with E-state index in [0.29, 0.717) is 12.5 Å². The molecule has 0 radical (unpaired) electrons. The van der Waals surface area contributed by atoms with Crippen LogP contribution in [0.2, 0.25) is 0 Å². The van der Waals surface area contributed by atoms with Crippen LogP contribution in [0.15, 0.2) is 42.5 Å². The van der Waals surface area contributed by atoms with Crippen molar-refractivity contribution >= 4 is 5.91 Å². The summed E-state index contributed by atoms with van der Waals surface area (Å²) in [4.78, 5) is 14.6. The Morgan fingerprint density at radius 2 is 2.00 bits per heavy atom. The number of benzene rings is 1. The van der Waals surface area contributed by atoms with Crippen molar-refractivity contribution in [1.29, 1.82) is 0 Å². The Labute approximate surface area is 125 Å². The quantitative estimate of drug-likeness (QED) is 0.938. The highest BCUT2D eigenvalue weighted by atomic mass is 16.2. The Kier molecular flexibility index (Phi) is 3.80. The van der Waals surface area contributed by atoms with Crippen LogP contribution < -0.4 is 5.73 Å². The van der Waals surface area contributed by atoms with E-state index in [9.17, 15) is 4.79 Å². The molecule has 0 aliphatic carbocycles. The summed E-state index contributed by atoms with van der Waals surface area (Å²) >= 11 is 0. The molecule has 1 atom stereocenters. The van der Waals surface area contributed by atoms with Crippen molar-refractivity contribution in [1.82, 2.24) is 9.47 Å². The molecule has 110 valence electrons. The highest BCUT2D eigenvalue weighted by Crippen LogP contribution is 2.24. The number of carbonyl (C=O) groups is 1. The van der Waals surface area contributed by atoms with E-state index in [2.05, 4.69) is 12.1 Å². The summed E-state index contributed by atoms with van der Waals surface area (Å²) < 4.78 is 1.98. The number of aromatic nitrogens is 1. The van der Waals surface area contributed by atoms with Gasteiger partial charge >= 0.3 is 0 Å². The number of amides is 1. The van der Waals surface area contributed by atoms with Crippen molar-refractivity contribution in [3.8, 4) is 11.3 Å². The molecule has 2 N–H and O–H groups in total. The summed E-state index contributed by atoms with van der Waals surface area (Å²) in [7, 11) is 1.95. The second-order valence-electron chi connectivity index (χ2n) is 5.67. The molecule has 1 aromatic carbocycles. The van der Waals surface area contributed by atoms with E-state index in [0.717, 1.165) is 36.5 Å². The lowest BCUT2D eigenvalue weighted by Gasteiger charge is -2.17. The van der Waals surface area contributed by atoms with Crippen LogP contribution in [0.5, 0.6) is 0 Å². The Morgan fingerprint density at radius 1 is 1.24 bits per heavy atom. The molecule has 4 nitrogen and oxygen atoms in total. The second-order valence-corrected chi connectivity index (χ2v) is 5.67. The standard InChI is InChI=1S/C17H21N3O/c1-19-15(14-5-3-2-4-6-14)7-8-16(19)17(21)20-10-9-13(11-18)12-20/h2-8,13H,9-12,18H2,1H3/t13-/m0/s1. The van der Waals surface area contributed by atoms with E-state index in [-0.39, 0.29) is 5.91 Å². The Bertz CT molecular complexity index is 633. The molecule has 1 saturated heterocycles. The van der Waals surface area contributed by atoms with Crippen LogP contribution in [0.3, 0.4) is 0 Å². The molecule has 0 bridgehead atoms. The van der Waals surface area contributed by atoms with Crippen molar-refractivity contribution in [3.63, 3.8) is 0 Å². The molecule has 0 spiro atoms. The van der Waals surface area contributed by atoms with Gasteiger partial charge in [-0.2, -0.15) is 0 Å². The number of hydrogen-bond donors (Lipinski definition) is 1. The van der Waals surface area contributed by atoms with Crippen LogP contribution in [0, 0.1) is 5.92 Å². The predicted octanol–water partition coefficient (Wildman–Crippen LogP) is 2.11. The average Bonchev–Trinajstić information content (AvgIpc) is 3.14. The summed E-state index contributed by atoms with van der Waals surface area (Å²) in [5, 5.41) is 0. The topological polar surface area (TPSA) is 51.3 Å². The summed E-state index contributed by atoms with van der Waals surface area (Å²) in [6.45, 7) is 2.25. The van der Waals surface area contributed by atoms with Gasteiger partial charge in [-0.05, 0) is 36.6 Å². The number of likely N-dealkylation sites (tertiary alicyclic amines) is 1. The van der Waals surface area contributed by atoms with E-state index >= 15 is 0 Å². The average molecular weight is 283 g/mol. The zero-order valence-corrected chi connectivity index (χ0v) is 12.3. The van der Waals surface area contributed by atoms with Gasteiger partial charge in [0.05, 0.1) is 0 Å². The molecule has 1 fully saturated rings. The molecule has 1 amide bonds. The van der Waals surface area contributed by atoms with Gasteiger partial charge in [-0.1, -0.05) is 30.3 Å². The SMILES string of the molecule is Cn1c(C(=O)N2CC[C@@H](CN)C2)ccc1-c1ccccc1. The van der Waals surface area contributed by atoms with Gasteiger partial charge in [-0.25, -0.2) is 0 Å². The van der Waals surface area contributed by atoms with Crippen LogP contribution in [0.1, 0.15) is 16.9 Å². The molecular formula is C17H21N3O.